The molecule has 1 aromatic carbocycles. The minimum Gasteiger partial charge on any atom is -0.360 e. The van der Waals surface area contributed by atoms with Gasteiger partial charge in [-0.3, -0.25) is 4.79 Å². The molecule has 1 atom stereocenters. The molecule has 1 aliphatic carbocycles. The SMILES string of the molecule is Cc1cc(NC(=O)[C@H](C)NS(=O)(=O)c2ccc3c(c2)CCCC3)no1. The van der Waals surface area contributed by atoms with Crippen molar-refractivity contribution in [1.29, 1.82) is 0 Å². The molecular weight excluding hydrogens is 342 g/mol. The van der Waals surface area contributed by atoms with E-state index >= 15 is 0 Å². The van der Waals surface area contributed by atoms with Crippen LogP contribution in [0.4, 0.5) is 5.82 Å². The largest absolute Gasteiger partial charge is 0.360 e. The van der Waals surface area contributed by atoms with Gasteiger partial charge in [0.25, 0.3) is 0 Å². The lowest BCUT2D eigenvalue weighted by Gasteiger charge is -2.18. The van der Waals surface area contributed by atoms with E-state index in [2.05, 4.69) is 15.2 Å². The number of nitrogens with one attached hydrogen (secondary N) is 2. The number of aromatic nitrogens is 1. The molecule has 0 fully saturated rings. The lowest BCUT2D eigenvalue weighted by molar-refractivity contribution is -0.117. The minimum absolute atomic E-state index is 0.185. The Labute approximate surface area is 146 Å². The molecule has 2 aromatic rings. The molecule has 134 valence electrons. The number of sulfonamides is 1. The number of amides is 1. The van der Waals surface area contributed by atoms with Crippen molar-refractivity contribution < 1.29 is 17.7 Å². The predicted molar refractivity (Wildman–Crippen MR) is 92.7 cm³/mol. The molecule has 1 heterocycles. The van der Waals surface area contributed by atoms with Crippen molar-refractivity contribution in [3.8, 4) is 0 Å². The number of benzene rings is 1. The van der Waals surface area contributed by atoms with Crippen LogP contribution in [-0.4, -0.2) is 25.5 Å². The van der Waals surface area contributed by atoms with Crippen molar-refractivity contribution in [3.05, 3.63) is 41.2 Å². The van der Waals surface area contributed by atoms with E-state index in [0.29, 0.717) is 5.76 Å². The Morgan fingerprint density at radius 3 is 2.60 bits per heavy atom. The van der Waals surface area contributed by atoms with Crippen LogP contribution in [0.15, 0.2) is 33.7 Å². The van der Waals surface area contributed by atoms with Crippen molar-refractivity contribution in [3.63, 3.8) is 0 Å². The van der Waals surface area contributed by atoms with Crippen LogP contribution in [0.25, 0.3) is 0 Å². The number of rotatable bonds is 5. The average molecular weight is 363 g/mol. The Balaban J connectivity index is 1.71. The summed E-state index contributed by atoms with van der Waals surface area (Å²) in [5.74, 6) is 0.301. The van der Waals surface area contributed by atoms with Gasteiger partial charge in [0.05, 0.1) is 10.9 Å². The summed E-state index contributed by atoms with van der Waals surface area (Å²) in [5.41, 5.74) is 2.28. The Bertz CT molecular complexity index is 889. The molecule has 0 spiro atoms. The van der Waals surface area contributed by atoms with Gasteiger partial charge in [0.2, 0.25) is 15.9 Å². The number of fused-ring (bicyclic) bond motifs is 1. The van der Waals surface area contributed by atoms with Crippen LogP contribution in [0.1, 0.15) is 36.7 Å². The van der Waals surface area contributed by atoms with Crippen LogP contribution in [-0.2, 0) is 27.7 Å². The fraction of sp³-hybridized carbons (Fsp3) is 0.412. The third-order valence-electron chi connectivity index (χ3n) is 4.23. The maximum absolute atomic E-state index is 12.6. The topological polar surface area (TPSA) is 101 Å². The van der Waals surface area contributed by atoms with E-state index in [-0.39, 0.29) is 10.7 Å². The molecule has 8 heteroatoms. The molecule has 0 radical (unpaired) electrons. The van der Waals surface area contributed by atoms with Gasteiger partial charge in [0, 0.05) is 6.07 Å². The molecule has 2 N–H and O–H groups in total. The first-order valence-electron chi connectivity index (χ1n) is 8.23. The summed E-state index contributed by atoms with van der Waals surface area (Å²) in [6, 6.07) is 5.78. The van der Waals surface area contributed by atoms with Crippen molar-refractivity contribution in [1.82, 2.24) is 9.88 Å². The normalized spacial score (nSPS) is 15.4. The molecule has 7 nitrogen and oxygen atoms in total. The second-order valence-electron chi connectivity index (χ2n) is 6.29. The molecule has 0 saturated heterocycles. The Kier molecular flexibility index (Phi) is 4.91. The Morgan fingerprint density at radius 1 is 1.20 bits per heavy atom. The lowest BCUT2D eigenvalue weighted by Crippen LogP contribution is -2.41. The zero-order chi connectivity index (χ0) is 18.0. The van der Waals surface area contributed by atoms with Gasteiger partial charge in [0.1, 0.15) is 5.76 Å². The highest BCUT2D eigenvalue weighted by Crippen LogP contribution is 2.24. The highest BCUT2D eigenvalue weighted by atomic mass is 32.2. The zero-order valence-corrected chi connectivity index (χ0v) is 15.0. The predicted octanol–water partition coefficient (Wildman–Crippen LogP) is 2.17. The molecule has 0 saturated carbocycles. The smallest absolute Gasteiger partial charge is 0.243 e. The quantitative estimate of drug-likeness (QED) is 0.848. The molecule has 3 rings (SSSR count). The number of hydrogen-bond acceptors (Lipinski definition) is 5. The molecule has 1 aromatic heterocycles. The average Bonchev–Trinajstić information content (AvgIpc) is 2.98. The minimum atomic E-state index is -3.78. The van der Waals surface area contributed by atoms with Gasteiger partial charge in [-0.15, -0.1) is 0 Å². The van der Waals surface area contributed by atoms with E-state index in [1.807, 2.05) is 6.07 Å². The number of nitrogens with zero attached hydrogens (tertiary/aromatic N) is 1. The zero-order valence-electron chi connectivity index (χ0n) is 14.2. The van der Waals surface area contributed by atoms with Crippen molar-refractivity contribution >= 4 is 21.7 Å². The third kappa shape index (κ3) is 4.08. The van der Waals surface area contributed by atoms with Crippen molar-refractivity contribution in [2.45, 2.75) is 50.5 Å². The second-order valence-corrected chi connectivity index (χ2v) is 8.01. The summed E-state index contributed by atoms with van der Waals surface area (Å²) in [6.07, 6.45) is 4.08. The van der Waals surface area contributed by atoms with Gasteiger partial charge < -0.3 is 9.84 Å². The standard InChI is InChI=1S/C17H21N3O4S/c1-11-9-16(19-24-11)18-17(21)12(2)20-25(22,23)15-8-7-13-5-3-4-6-14(13)10-15/h7-10,12,20H,3-6H2,1-2H3,(H,18,19,21)/t12-/m0/s1. The van der Waals surface area contributed by atoms with Crippen LogP contribution < -0.4 is 10.0 Å². The van der Waals surface area contributed by atoms with Crippen molar-refractivity contribution in [2.75, 3.05) is 5.32 Å². The van der Waals surface area contributed by atoms with Gasteiger partial charge in [0.15, 0.2) is 5.82 Å². The van der Waals surface area contributed by atoms with Gasteiger partial charge >= 0.3 is 0 Å². The molecular formula is C17H21N3O4S. The summed E-state index contributed by atoms with van der Waals surface area (Å²) in [6.45, 7) is 3.18. The van der Waals surface area contributed by atoms with E-state index in [4.69, 9.17) is 4.52 Å². The maximum atomic E-state index is 12.6. The summed E-state index contributed by atoms with van der Waals surface area (Å²) in [4.78, 5) is 12.3. The monoisotopic (exact) mass is 363 g/mol. The summed E-state index contributed by atoms with van der Waals surface area (Å²) in [7, 11) is -3.78. The van der Waals surface area contributed by atoms with Gasteiger partial charge in [-0.25, -0.2) is 8.42 Å². The third-order valence-corrected chi connectivity index (χ3v) is 5.77. The fourth-order valence-corrected chi connectivity index (χ4v) is 4.14. The molecule has 0 aliphatic heterocycles. The van der Waals surface area contributed by atoms with Crippen LogP contribution in [0.3, 0.4) is 0 Å². The summed E-state index contributed by atoms with van der Waals surface area (Å²) >= 11 is 0. The van der Waals surface area contributed by atoms with Crippen LogP contribution >= 0.6 is 0 Å². The van der Waals surface area contributed by atoms with E-state index < -0.39 is 22.0 Å². The van der Waals surface area contributed by atoms with E-state index in [9.17, 15) is 13.2 Å². The van der Waals surface area contributed by atoms with E-state index in [1.54, 1.807) is 25.1 Å². The van der Waals surface area contributed by atoms with Crippen molar-refractivity contribution in [2.24, 2.45) is 0 Å². The number of aryl methyl sites for hydroxylation is 3. The van der Waals surface area contributed by atoms with Crippen LogP contribution in [0.2, 0.25) is 0 Å². The number of anilines is 1. The second kappa shape index (κ2) is 6.97. The summed E-state index contributed by atoms with van der Waals surface area (Å²) < 4.78 is 32.4. The molecule has 1 amide bonds. The molecule has 1 aliphatic rings. The highest BCUT2D eigenvalue weighted by Gasteiger charge is 2.24. The Morgan fingerprint density at radius 2 is 1.92 bits per heavy atom. The lowest BCUT2D eigenvalue weighted by atomic mass is 9.92. The summed E-state index contributed by atoms with van der Waals surface area (Å²) in [5, 5.41) is 6.17. The number of hydrogen-bond donors (Lipinski definition) is 2. The van der Waals surface area contributed by atoms with Gasteiger partial charge in [-0.1, -0.05) is 11.2 Å². The number of carbonyl (C=O) groups is 1. The first-order chi connectivity index (χ1) is 11.8. The first kappa shape index (κ1) is 17.6. The van der Waals surface area contributed by atoms with Gasteiger partial charge in [-0.2, -0.15) is 4.72 Å². The van der Waals surface area contributed by atoms with E-state index in [0.717, 1.165) is 31.2 Å². The molecule has 0 unspecified atom stereocenters. The van der Waals surface area contributed by atoms with Crippen LogP contribution in [0, 0.1) is 6.92 Å². The first-order valence-corrected chi connectivity index (χ1v) is 9.72. The van der Waals surface area contributed by atoms with Gasteiger partial charge in [-0.05, 0) is 62.8 Å². The molecule has 0 bridgehead atoms. The molecule has 25 heavy (non-hydrogen) atoms. The number of carbonyl (C=O) groups excluding carboxylic acids is 1. The van der Waals surface area contributed by atoms with E-state index in [1.165, 1.54) is 12.5 Å². The highest BCUT2D eigenvalue weighted by molar-refractivity contribution is 7.89. The maximum Gasteiger partial charge on any atom is 0.243 e. The fourth-order valence-electron chi connectivity index (χ4n) is 2.89. The Hall–Kier alpha value is -2.19. The van der Waals surface area contributed by atoms with Crippen LogP contribution in [0.5, 0.6) is 0 Å².